The maximum absolute atomic E-state index is 12.1. The maximum Gasteiger partial charge on any atom is 0.144 e. The molecule has 0 radical (unpaired) electrons. The molecule has 0 amide bonds. The maximum atomic E-state index is 12.1. The largest absolute Gasteiger partial charge is 0.335 e. The fraction of sp³-hybridized carbons (Fsp3) is 0.375. The van der Waals surface area contributed by atoms with Crippen LogP contribution in [0.3, 0.4) is 0 Å². The lowest BCUT2D eigenvalue weighted by Crippen LogP contribution is -2.12. The molecule has 2 aromatic rings. The first-order chi connectivity index (χ1) is 9.19. The van der Waals surface area contributed by atoms with Crippen LogP contribution in [-0.2, 0) is 24.2 Å². The molecule has 0 atom stereocenters. The lowest BCUT2D eigenvalue weighted by atomic mass is 10.0. The number of aromatic nitrogens is 2. The van der Waals surface area contributed by atoms with Gasteiger partial charge in [-0.1, -0.05) is 36.8 Å². The quantitative estimate of drug-likeness (QED) is 0.796. The highest BCUT2D eigenvalue weighted by Crippen LogP contribution is 2.08. The monoisotopic (exact) mass is 256 g/mol. The third-order valence-electron chi connectivity index (χ3n) is 3.11. The summed E-state index contributed by atoms with van der Waals surface area (Å²) >= 11 is 0. The highest BCUT2D eigenvalue weighted by atomic mass is 16.1. The van der Waals surface area contributed by atoms with Crippen molar-refractivity contribution in [3.63, 3.8) is 0 Å². The molecule has 0 aliphatic carbocycles. The first-order valence-electron chi connectivity index (χ1n) is 6.76. The number of hydrogen-bond donors (Lipinski definition) is 0. The summed E-state index contributed by atoms with van der Waals surface area (Å²) in [6.45, 7) is 5.09. The summed E-state index contributed by atoms with van der Waals surface area (Å²) in [5, 5.41) is 0. The van der Waals surface area contributed by atoms with Crippen LogP contribution in [-0.4, -0.2) is 15.3 Å². The Kier molecular flexibility index (Phi) is 4.50. The SMILES string of the molecule is CCCn1ccnc1CC(=O)Cc1cccc(C)c1. The van der Waals surface area contributed by atoms with Crippen LogP contribution in [0.2, 0.25) is 0 Å². The van der Waals surface area contributed by atoms with Gasteiger partial charge < -0.3 is 4.57 Å². The van der Waals surface area contributed by atoms with Crippen molar-refractivity contribution in [2.75, 3.05) is 0 Å². The first kappa shape index (κ1) is 13.5. The van der Waals surface area contributed by atoms with Gasteiger partial charge in [-0.25, -0.2) is 4.98 Å². The summed E-state index contributed by atoms with van der Waals surface area (Å²) in [7, 11) is 0. The molecule has 0 N–H and O–H groups in total. The Labute approximate surface area is 114 Å². The Balaban J connectivity index is 1.99. The number of ketones is 1. The van der Waals surface area contributed by atoms with Gasteiger partial charge in [0.15, 0.2) is 0 Å². The van der Waals surface area contributed by atoms with Crippen LogP contribution in [0, 0.1) is 6.92 Å². The topological polar surface area (TPSA) is 34.9 Å². The van der Waals surface area contributed by atoms with Crippen molar-refractivity contribution in [2.45, 2.75) is 39.7 Å². The molecular formula is C16H20N2O. The van der Waals surface area contributed by atoms with E-state index >= 15 is 0 Å². The van der Waals surface area contributed by atoms with E-state index in [1.54, 1.807) is 6.20 Å². The van der Waals surface area contributed by atoms with Gasteiger partial charge in [-0.2, -0.15) is 0 Å². The molecule has 0 bridgehead atoms. The standard InChI is InChI=1S/C16H20N2O/c1-3-8-18-9-7-17-16(18)12-15(19)11-14-6-4-5-13(2)10-14/h4-7,9-10H,3,8,11-12H2,1-2H3. The van der Waals surface area contributed by atoms with Crippen LogP contribution in [0.5, 0.6) is 0 Å². The third kappa shape index (κ3) is 3.78. The number of rotatable bonds is 6. The van der Waals surface area contributed by atoms with Crippen molar-refractivity contribution < 1.29 is 4.79 Å². The fourth-order valence-electron chi connectivity index (χ4n) is 2.24. The fourth-order valence-corrected chi connectivity index (χ4v) is 2.24. The zero-order chi connectivity index (χ0) is 13.7. The average molecular weight is 256 g/mol. The van der Waals surface area contributed by atoms with Gasteiger partial charge >= 0.3 is 0 Å². The van der Waals surface area contributed by atoms with Gasteiger partial charge in [0.05, 0.1) is 6.42 Å². The molecule has 2 rings (SSSR count). The highest BCUT2D eigenvalue weighted by Gasteiger charge is 2.09. The predicted molar refractivity (Wildman–Crippen MR) is 76.1 cm³/mol. The smallest absolute Gasteiger partial charge is 0.144 e. The van der Waals surface area contributed by atoms with Crippen LogP contribution >= 0.6 is 0 Å². The Morgan fingerprint density at radius 3 is 2.89 bits per heavy atom. The van der Waals surface area contributed by atoms with Gasteiger partial charge in [-0.3, -0.25) is 4.79 Å². The third-order valence-corrected chi connectivity index (χ3v) is 3.11. The number of Topliss-reactive ketones (excluding diaryl/α,β-unsaturated/α-hetero) is 1. The van der Waals surface area contributed by atoms with Crippen LogP contribution in [0.1, 0.15) is 30.3 Å². The van der Waals surface area contributed by atoms with Crippen molar-refractivity contribution in [3.8, 4) is 0 Å². The predicted octanol–water partition coefficient (Wildman–Crippen LogP) is 2.96. The van der Waals surface area contributed by atoms with E-state index in [0.29, 0.717) is 12.8 Å². The molecule has 1 aromatic heterocycles. The van der Waals surface area contributed by atoms with Gasteiger partial charge in [-0.15, -0.1) is 0 Å². The molecule has 1 heterocycles. The first-order valence-corrected chi connectivity index (χ1v) is 6.76. The minimum Gasteiger partial charge on any atom is -0.335 e. The molecule has 0 saturated heterocycles. The van der Waals surface area contributed by atoms with Crippen molar-refractivity contribution in [1.29, 1.82) is 0 Å². The lowest BCUT2D eigenvalue weighted by molar-refractivity contribution is -0.117. The molecule has 19 heavy (non-hydrogen) atoms. The number of carbonyl (C=O) groups is 1. The number of imidazole rings is 1. The second kappa shape index (κ2) is 6.32. The number of carbonyl (C=O) groups excluding carboxylic acids is 1. The van der Waals surface area contributed by atoms with E-state index in [0.717, 1.165) is 24.4 Å². The second-order valence-electron chi connectivity index (χ2n) is 4.92. The number of nitrogens with zero attached hydrogens (tertiary/aromatic N) is 2. The summed E-state index contributed by atoms with van der Waals surface area (Å²) in [5.74, 6) is 1.09. The van der Waals surface area contributed by atoms with Crippen LogP contribution in [0.4, 0.5) is 0 Å². The number of benzene rings is 1. The van der Waals surface area contributed by atoms with Crippen LogP contribution in [0.25, 0.3) is 0 Å². The molecule has 100 valence electrons. The molecule has 0 unspecified atom stereocenters. The normalized spacial score (nSPS) is 10.6. The van der Waals surface area contributed by atoms with E-state index in [4.69, 9.17) is 0 Å². The van der Waals surface area contributed by atoms with Crippen molar-refractivity contribution in [1.82, 2.24) is 9.55 Å². The summed E-state index contributed by atoms with van der Waals surface area (Å²) in [5.41, 5.74) is 2.27. The van der Waals surface area contributed by atoms with Gasteiger partial charge in [0.2, 0.25) is 0 Å². The van der Waals surface area contributed by atoms with Gasteiger partial charge in [0.1, 0.15) is 11.6 Å². The minimum absolute atomic E-state index is 0.217. The second-order valence-corrected chi connectivity index (χ2v) is 4.92. The Hall–Kier alpha value is -1.90. The van der Waals surface area contributed by atoms with Crippen molar-refractivity contribution in [2.24, 2.45) is 0 Å². The molecular weight excluding hydrogens is 236 g/mol. The molecule has 0 aliphatic heterocycles. The van der Waals surface area contributed by atoms with E-state index in [2.05, 4.69) is 22.5 Å². The lowest BCUT2D eigenvalue weighted by Gasteiger charge is -2.06. The van der Waals surface area contributed by atoms with Crippen LogP contribution in [0.15, 0.2) is 36.7 Å². The Morgan fingerprint density at radius 1 is 1.32 bits per heavy atom. The summed E-state index contributed by atoms with van der Waals surface area (Å²) < 4.78 is 2.06. The van der Waals surface area contributed by atoms with E-state index < -0.39 is 0 Å². The van der Waals surface area contributed by atoms with E-state index in [9.17, 15) is 4.79 Å². The molecule has 1 aromatic carbocycles. The van der Waals surface area contributed by atoms with Crippen molar-refractivity contribution >= 4 is 5.78 Å². The summed E-state index contributed by atoms with van der Waals surface area (Å²) in [6.07, 6.45) is 5.67. The van der Waals surface area contributed by atoms with Gasteiger partial charge in [-0.05, 0) is 18.9 Å². The van der Waals surface area contributed by atoms with E-state index in [-0.39, 0.29) is 5.78 Å². The molecule has 0 aliphatic rings. The molecule has 3 heteroatoms. The van der Waals surface area contributed by atoms with E-state index in [1.165, 1.54) is 5.56 Å². The number of aryl methyl sites for hydroxylation is 2. The Morgan fingerprint density at radius 2 is 2.16 bits per heavy atom. The zero-order valence-corrected chi connectivity index (χ0v) is 11.6. The van der Waals surface area contributed by atoms with Gasteiger partial charge in [0.25, 0.3) is 0 Å². The molecule has 0 saturated carbocycles. The van der Waals surface area contributed by atoms with Crippen molar-refractivity contribution in [3.05, 3.63) is 53.6 Å². The molecule has 0 spiro atoms. The number of hydrogen-bond acceptors (Lipinski definition) is 2. The molecule has 3 nitrogen and oxygen atoms in total. The average Bonchev–Trinajstić information content (AvgIpc) is 2.77. The molecule has 0 fully saturated rings. The zero-order valence-electron chi connectivity index (χ0n) is 11.6. The van der Waals surface area contributed by atoms with E-state index in [1.807, 2.05) is 31.3 Å². The minimum atomic E-state index is 0.217. The van der Waals surface area contributed by atoms with Crippen LogP contribution < -0.4 is 0 Å². The summed E-state index contributed by atoms with van der Waals surface area (Å²) in [4.78, 5) is 16.4. The van der Waals surface area contributed by atoms with Gasteiger partial charge in [0, 0.05) is 25.4 Å². The highest BCUT2D eigenvalue weighted by molar-refractivity contribution is 5.82. The Bertz CT molecular complexity index is 557. The summed E-state index contributed by atoms with van der Waals surface area (Å²) in [6, 6.07) is 8.11.